The van der Waals surface area contributed by atoms with Gasteiger partial charge in [0.05, 0.1) is 12.2 Å². The van der Waals surface area contributed by atoms with Gasteiger partial charge in [-0.1, -0.05) is 0 Å². The minimum atomic E-state index is -0.933. The van der Waals surface area contributed by atoms with Crippen LogP contribution in [-0.2, 0) is 14.3 Å². The van der Waals surface area contributed by atoms with Crippen molar-refractivity contribution in [2.45, 2.75) is 44.0 Å². The van der Waals surface area contributed by atoms with Crippen LogP contribution in [0.2, 0.25) is 0 Å². The molecule has 0 aromatic heterocycles. The molecule has 0 aliphatic carbocycles. The highest BCUT2D eigenvalue weighted by Gasteiger charge is 2.31. The molecule has 2 amide bonds. The minimum Gasteiger partial charge on any atom is -0.479 e. The molecule has 7 heteroatoms. The lowest BCUT2D eigenvalue weighted by Crippen LogP contribution is -2.49. The molecule has 3 atom stereocenters. The van der Waals surface area contributed by atoms with E-state index in [1.165, 1.54) is 0 Å². The topological polar surface area (TPSA) is 88.1 Å². The molecule has 2 aliphatic heterocycles. The highest BCUT2D eigenvalue weighted by molar-refractivity contribution is 5.74. The second kappa shape index (κ2) is 6.90. The van der Waals surface area contributed by atoms with E-state index in [9.17, 15) is 9.59 Å². The summed E-state index contributed by atoms with van der Waals surface area (Å²) in [5, 5.41) is 11.6. The third-order valence-corrected chi connectivity index (χ3v) is 3.86. The van der Waals surface area contributed by atoms with E-state index in [2.05, 4.69) is 5.32 Å². The molecule has 2 N–H and O–H groups in total. The van der Waals surface area contributed by atoms with Gasteiger partial charge in [0.15, 0.2) is 6.10 Å². The zero-order chi connectivity index (χ0) is 14.5. The van der Waals surface area contributed by atoms with E-state index in [4.69, 9.17) is 14.6 Å². The molecule has 2 fully saturated rings. The van der Waals surface area contributed by atoms with Gasteiger partial charge in [-0.2, -0.15) is 0 Å². The molecule has 0 aromatic rings. The van der Waals surface area contributed by atoms with Crippen molar-refractivity contribution in [3.63, 3.8) is 0 Å². The van der Waals surface area contributed by atoms with Crippen LogP contribution in [0.3, 0.4) is 0 Å². The largest absolute Gasteiger partial charge is 0.479 e. The van der Waals surface area contributed by atoms with Gasteiger partial charge in [0.2, 0.25) is 0 Å². The lowest BCUT2D eigenvalue weighted by Gasteiger charge is -2.32. The summed E-state index contributed by atoms with van der Waals surface area (Å²) in [5.41, 5.74) is 0. The first-order valence-corrected chi connectivity index (χ1v) is 7.04. The Bertz CT molecular complexity index is 363. The SMILES string of the molecule is COC1CCCN(C(=O)NCC2CCC(C(=O)O)O2)C1. The van der Waals surface area contributed by atoms with Crippen LogP contribution in [0.1, 0.15) is 25.7 Å². The Hall–Kier alpha value is -1.34. The first-order valence-electron chi connectivity index (χ1n) is 7.04. The summed E-state index contributed by atoms with van der Waals surface area (Å²) in [6.45, 7) is 1.69. The van der Waals surface area contributed by atoms with Crippen LogP contribution < -0.4 is 5.32 Å². The predicted octanol–water partition coefficient (Wildman–Crippen LogP) is 0.439. The van der Waals surface area contributed by atoms with Gasteiger partial charge < -0.3 is 24.8 Å². The van der Waals surface area contributed by atoms with Gasteiger partial charge >= 0.3 is 12.0 Å². The molecule has 0 saturated carbocycles. The number of carboxylic acid groups (broad SMARTS) is 1. The number of urea groups is 1. The van der Waals surface area contributed by atoms with E-state index in [0.717, 1.165) is 19.4 Å². The lowest BCUT2D eigenvalue weighted by atomic mass is 10.1. The number of carbonyl (C=O) groups is 2. The first kappa shape index (κ1) is 15.1. The number of hydrogen-bond donors (Lipinski definition) is 2. The summed E-state index contributed by atoms with van der Waals surface area (Å²) < 4.78 is 10.6. The number of hydrogen-bond acceptors (Lipinski definition) is 4. The third-order valence-electron chi connectivity index (χ3n) is 3.86. The van der Waals surface area contributed by atoms with Gasteiger partial charge in [0, 0.05) is 26.7 Å². The van der Waals surface area contributed by atoms with Crippen molar-refractivity contribution in [2.24, 2.45) is 0 Å². The maximum Gasteiger partial charge on any atom is 0.332 e. The number of carbonyl (C=O) groups excluding carboxylic acids is 1. The van der Waals surface area contributed by atoms with E-state index in [-0.39, 0.29) is 18.2 Å². The zero-order valence-corrected chi connectivity index (χ0v) is 11.7. The summed E-state index contributed by atoms with van der Waals surface area (Å²) >= 11 is 0. The highest BCUT2D eigenvalue weighted by Crippen LogP contribution is 2.19. The van der Waals surface area contributed by atoms with Crippen molar-refractivity contribution in [2.75, 3.05) is 26.7 Å². The number of aliphatic carboxylic acids is 1. The van der Waals surface area contributed by atoms with Crippen molar-refractivity contribution < 1.29 is 24.2 Å². The number of methoxy groups -OCH3 is 1. The van der Waals surface area contributed by atoms with Crippen LogP contribution in [0.4, 0.5) is 4.79 Å². The van der Waals surface area contributed by atoms with Gasteiger partial charge in [0.25, 0.3) is 0 Å². The number of nitrogens with one attached hydrogen (secondary N) is 1. The minimum absolute atomic E-state index is 0.105. The summed E-state index contributed by atoms with van der Waals surface area (Å²) in [7, 11) is 1.66. The van der Waals surface area contributed by atoms with Crippen molar-refractivity contribution in [1.82, 2.24) is 10.2 Å². The second-order valence-corrected chi connectivity index (χ2v) is 5.29. The molecule has 114 valence electrons. The standard InChI is InChI=1S/C13H22N2O5/c1-19-10-3-2-6-15(8-10)13(18)14-7-9-4-5-11(20-9)12(16)17/h9-11H,2-8H2,1H3,(H,14,18)(H,16,17). The summed E-state index contributed by atoms with van der Waals surface area (Å²) in [6, 6.07) is -0.130. The molecule has 0 spiro atoms. The van der Waals surface area contributed by atoms with Crippen LogP contribution >= 0.6 is 0 Å². The maximum atomic E-state index is 12.0. The van der Waals surface area contributed by atoms with Crippen molar-refractivity contribution in [3.8, 4) is 0 Å². The van der Waals surface area contributed by atoms with Crippen LogP contribution in [-0.4, -0.2) is 67.1 Å². The van der Waals surface area contributed by atoms with Crippen molar-refractivity contribution >= 4 is 12.0 Å². The molecule has 0 radical (unpaired) electrons. The summed E-state index contributed by atoms with van der Waals surface area (Å²) in [6.07, 6.45) is 2.25. The average Bonchev–Trinajstić information content (AvgIpc) is 2.94. The smallest absolute Gasteiger partial charge is 0.332 e. The van der Waals surface area contributed by atoms with E-state index in [0.29, 0.717) is 25.9 Å². The van der Waals surface area contributed by atoms with Crippen molar-refractivity contribution in [3.05, 3.63) is 0 Å². The second-order valence-electron chi connectivity index (χ2n) is 5.29. The fraction of sp³-hybridized carbons (Fsp3) is 0.846. The number of likely N-dealkylation sites (tertiary alicyclic amines) is 1. The Morgan fingerprint density at radius 1 is 1.40 bits per heavy atom. The van der Waals surface area contributed by atoms with E-state index < -0.39 is 12.1 Å². The monoisotopic (exact) mass is 286 g/mol. The average molecular weight is 286 g/mol. The Labute approximate surface area is 118 Å². The van der Waals surface area contributed by atoms with E-state index in [1.54, 1.807) is 12.0 Å². The first-order chi connectivity index (χ1) is 9.60. The van der Waals surface area contributed by atoms with Gasteiger partial charge in [-0.25, -0.2) is 9.59 Å². The van der Waals surface area contributed by atoms with Crippen LogP contribution in [0.5, 0.6) is 0 Å². The molecule has 20 heavy (non-hydrogen) atoms. The molecule has 7 nitrogen and oxygen atoms in total. The van der Waals surface area contributed by atoms with Crippen molar-refractivity contribution in [1.29, 1.82) is 0 Å². The summed E-state index contributed by atoms with van der Waals surface area (Å²) in [4.78, 5) is 24.5. The molecule has 2 heterocycles. The van der Waals surface area contributed by atoms with Crippen LogP contribution in [0, 0.1) is 0 Å². The number of nitrogens with zero attached hydrogens (tertiary/aromatic N) is 1. The maximum absolute atomic E-state index is 12.0. The Morgan fingerprint density at radius 3 is 2.85 bits per heavy atom. The molecular weight excluding hydrogens is 264 g/mol. The molecule has 0 bridgehead atoms. The number of carboxylic acids is 1. The fourth-order valence-corrected chi connectivity index (χ4v) is 2.67. The molecular formula is C13H22N2O5. The number of amides is 2. The quantitative estimate of drug-likeness (QED) is 0.783. The van der Waals surface area contributed by atoms with Crippen LogP contribution in [0.25, 0.3) is 0 Å². The van der Waals surface area contributed by atoms with E-state index in [1.807, 2.05) is 0 Å². The van der Waals surface area contributed by atoms with Gasteiger partial charge in [0.1, 0.15) is 0 Å². The predicted molar refractivity (Wildman–Crippen MR) is 70.5 cm³/mol. The number of rotatable bonds is 4. The molecule has 0 aromatic carbocycles. The fourth-order valence-electron chi connectivity index (χ4n) is 2.67. The van der Waals surface area contributed by atoms with Crippen LogP contribution in [0.15, 0.2) is 0 Å². The number of piperidine rings is 1. The van der Waals surface area contributed by atoms with Gasteiger partial charge in [-0.3, -0.25) is 0 Å². The Kier molecular flexibility index (Phi) is 5.19. The van der Waals surface area contributed by atoms with E-state index >= 15 is 0 Å². The zero-order valence-electron chi connectivity index (χ0n) is 11.7. The van der Waals surface area contributed by atoms with Gasteiger partial charge in [-0.15, -0.1) is 0 Å². The molecule has 3 unspecified atom stereocenters. The lowest BCUT2D eigenvalue weighted by molar-refractivity contribution is -0.149. The highest BCUT2D eigenvalue weighted by atomic mass is 16.5. The Morgan fingerprint density at radius 2 is 2.20 bits per heavy atom. The summed E-state index contributed by atoms with van der Waals surface area (Å²) in [5.74, 6) is -0.933. The third kappa shape index (κ3) is 3.83. The molecule has 2 aliphatic rings. The normalized spacial score (nSPS) is 30.2. The molecule has 2 rings (SSSR count). The Balaban J connectivity index is 1.71. The number of ether oxygens (including phenoxy) is 2. The van der Waals surface area contributed by atoms with Gasteiger partial charge in [-0.05, 0) is 25.7 Å². The molecule has 2 saturated heterocycles.